The number of carbonyl (C=O) groups is 1. The maximum atomic E-state index is 10.9. The van der Waals surface area contributed by atoms with Crippen LogP contribution in [0.25, 0.3) is 0 Å². The molecule has 0 aliphatic heterocycles. The molecule has 0 heterocycles. The van der Waals surface area contributed by atoms with Crippen LogP contribution >= 0.6 is 24.0 Å². The van der Waals surface area contributed by atoms with Gasteiger partial charge in [0.25, 0.3) is 5.91 Å². The van der Waals surface area contributed by atoms with Crippen LogP contribution in [-0.4, -0.2) is 31.1 Å². The number of aryl methyl sites for hydroxylation is 1. The number of rotatable bonds is 10. The van der Waals surface area contributed by atoms with E-state index in [0.29, 0.717) is 24.8 Å². The zero-order chi connectivity index (χ0) is 21.9. The van der Waals surface area contributed by atoms with Gasteiger partial charge in [-0.3, -0.25) is 4.79 Å². The molecule has 170 valence electrons. The van der Waals surface area contributed by atoms with Crippen molar-refractivity contribution in [2.45, 2.75) is 46.9 Å². The number of nitrogens with two attached hydrogens (primary N) is 1. The van der Waals surface area contributed by atoms with Gasteiger partial charge in [-0.05, 0) is 57.0 Å². The maximum Gasteiger partial charge on any atom is 0.255 e. The summed E-state index contributed by atoms with van der Waals surface area (Å²) in [6, 6.07) is 13.7. The number of aliphatic imine (C=N–C) groups is 1. The monoisotopic (exact) mass is 540 g/mol. The first-order valence-electron chi connectivity index (χ1n) is 10.2. The topological polar surface area (TPSA) is 98.0 Å². The Morgan fingerprint density at radius 3 is 2.61 bits per heavy atom. The molecule has 31 heavy (non-hydrogen) atoms. The Labute approximate surface area is 201 Å². The number of carbonyl (C=O) groups excluding carboxylic acids is 1. The lowest BCUT2D eigenvalue weighted by Gasteiger charge is -2.17. The van der Waals surface area contributed by atoms with Gasteiger partial charge in [-0.2, -0.15) is 0 Å². The molecule has 0 atom stereocenters. The van der Waals surface area contributed by atoms with E-state index in [2.05, 4.69) is 40.7 Å². The standard InChI is InChI=1S/C23H32N4O3.HI/c1-5-25-23(26-13-18-7-6-8-20(12-18)29-15-22(24)28)27-14-19-10-9-17(4)11-21(19)30-16(2)3;/h6-12,16H,5,13-15H2,1-4H3,(H2,24,28)(H2,25,26,27);1H. The number of amides is 1. The van der Waals surface area contributed by atoms with Crippen LogP contribution in [0, 0.1) is 6.92 Å². The van der Waals surface area contributed by atoms with E-state index in [4.69, 9.17) is 15.2 Å². The molecule has 0 saturated heterocycles. The third-order valence-electron chi connectivity index (χ3n) is 4.08. The number of halogens is 1. The van der Waals surface area contributed by atoms with Crippen LogP contribution in [0.2, 0.25) is 0 Å². The van der Waals surface area contributed by atoms with Gasteiger partial charge in [-0.25, -0.2) is 4.99 Å². The minimum atomic E-state index is -0.506. The number of hydrogen-bond donors (Lipinski definition) is 3. The highest BCUT2D eigenvalue weighted by atomic mass is 127. The third kappa shape index (κ3) is 9.91. The summed E-state index contributed by atoms with van der Waals surface area (Å²) in [4.78, 5) is 15.5. The second-order valence-corrected chi connectivity index (χ2v) is 7.23. The Hall–Kier alpha value is -2.49. The second-order valence-electron chi connectivity index (χ2n) is 7.23. The molecule has 1 amide bonds. The number of guanidine groups is 1. The Morgan fingerprint density at radius 1 is 1.16 bits per heavy atom. The number of hydrogen-bond acceptors (Lipinski definition) is 4. The second kappa shape index (κ2) is 13.7. The van der Waals surface area contributed by atoms with E-state index in [1.165, 1.54) is 0 Å². The first-order valence-corrected chi connectivity index (χ1v) is 10.2. The SMILES string of the molecule is CCNC(=NCc1cccc(OCC(N)=O)c1)NCc1ccc(C)cc1OC(C)C.I. The Bertz CT molecular complexity index is 872. The van der Waals surface area contributed by atoms with Crippen LogP contribution in [0.15, 0.2) is 47.5 Å². The number of primary amides is 1. The maximum absolute atomic E-state index is 10.9. The van der Waals surface area contributed by atoms with Crippen molar-refractivity contribution in [3.05, 3.63) is 59.2 Å². The Morgan fingerprint density at radius 2 is 1.94 bits per heavy atom. The molecule has 0 unspecified atom stereocenters. The van der Waals surface area contributed by atoms with E-state index in [1.807, 2.05) is 39.0 Å². The summed E-state index contributed by atoms with van der Waals surface area (Å²) in [6.07, 6.45) is 0.108. The van der Waals surface area contributed by atoms with Crippen molar-refractivity contribution in [2.75, 3.05) is 13.2 Å². The van der Waals surface area contributed by atoms with Crippen LogP contribution in [-0.2, 0) is 17.9 Å². The number of ether oxygens (including phenoxy) is 2. The number of benzene rings is 2. The summed E-state index contributed by atoms with van der Waals surface area (Å²) in [7, 11) is 0. The molecule has 2 rings (SSSR count). The first kappa shape index (κ1) is 26.5. The Kier molecular flexibility index (Phi) is 11.8. The lowest BCUT2D eigenvalue weighted by Crippen LogP contribution is -2.36. The van der Waals surface area contributed by atoms with Crippen LogP contribution < -0.4 is 25.8 Å². The number of nitrogens with zero attached hydrogens (tertiary/aromatic N) is 1. The van der Waals surface area contributed by atoms with Crippen LogP contribution in [0.1, 0.15) is 37.5 Å². The Balaban J connectivity index is 0.00000480. The molecule has 0 fully saturated rings. The van der Waals surface area contributed by atoms with Gasteiger partial charge in [0.2, 0.25) is 0 Å². The fraction of sp³-hybridized carbons (Fsp3) is 0.391. The summed E-state index contributed by atoms with van der Waals surface area (Å²) in [6.45, 7) is 9.78. The summed E-state index contributed by atoms with van der Waals surface area (Å²) < 4.78 is 11.3. The molecule has 0 radical (unpaired) electrons. The molecule has 0 aliphatic carbocycles. The molecular formula is C23H33IN4O3. The molecule has 0 saturated carbocycles. The van der Waals surface area contributed by atoms with Gasteiger partial charge in [0, 0.05) is 18.7 Å². The van der Waals surface area contributed by atoms with Crippen LogP contribution in [0.4, 0.5) is 0 Å². The van der Waals surface area contributed by atoms with E-state index in [0.717, 1.165) is 29.0 Å². The molecule has 7 nitrogen and oxygen atoms in total. The van der Waals surface area contributed by atoms with Crippen LogP contribution in [0.5, 0.6) is 11.5 Å². The smallest absolute Gasteiger partial charge is 0.255 e. The molecule has 0 bridgehead atoms. The van der Waals surface area contributed by atoms with Crippen molar-refractivity contribution >= 4 is 35.8 Å². The molecule has 8 heteroatoms. The van der Waals surface area contributed by atoms with Crippen molar-refractivity contribution in [3.63, 3.8) is 0 Å². The van der Waals surface area contributed by atoms with Gasteiger partial charge >= 0.3 is 0 Å². The van der Waals surface area contributed by atoms with Crippen molar-refractivity contribution < 1.29 is 14.3 Å². The predicted octanol–water partition coefficient (Wildman–Crippen LogP) is 3.52. The number of nitrogens with one attached hydrogen (secondary N) is 2. The normalized spacial score (nSPS) is 10.9. The molecule has 4 N–H and O–H groups in total. The molecular weight excluding hydrogens is 507 g/mol. The molecule has 0 aliphatic rings. The van der Waals surface area contributed by atoms with E-state index in [1.54, 1.807) is 6.07 Å². The average Bonchev–Trinajstić information content (AvgIpc) is 2.69. The van der Waals surface area contributed by atoms with Gasteiger partial charge in [-0.1, -0.05) is 24.3 Å². The lowest BCUT2D eigenvalue weighted by molar-refractivity contribution is -0.119. The highest BCUT2D eigenvalue weighted by Gasteiger charge is 2.08. The fourth-order valence-electron chi connectivity index (χ4n) is 2.75. The molecule has 0 spiro atoms. The van der Waals surface area contributed by atoms with Crippen LogP contribution in [0.3, 0.4) is 0 Å². The summed E-state index contributed by atoms with van der Waals surface area (Å²) in [5.74, 6) is 1.67. The van der Waals surface area contributed by atoms with Crippen molar-refractivity contribution in [2.24, 2.45) is 10.7 Å². The van der Waals surface area contributed by atoms with Crippen molar-refractivity contribution in [1.82, 2.24) is 10.6 Å². The predicted molar refractivity (Wildman–Crippen MR) is 135 cm³/mol. The van der Waals surface area contributed by atoms with Gasteiger partial charge in [0.05, 0.1) is 12.6 Å². The highest BCUT2D eigenvalue weighted by Crippen LogP contribution is 2.21. The van der Waals surface area contributed by atoms with Gasteiger partial charge in [-0.15, -0.1) is 24.0 Å². The van der Waals surface area contributed by atoms with E-state index < -0.39 is 5.91 Å². The summed E-state index contributed by atoms with van der Waals surface area (Å²) >= 11 is 0. The minimum absolute atomic E-state index is 0. The fourth-order valence-corrected chi connectivity index (χ4v) is 2.75. The summed E-state index contributed by atoms with van der Waals surface area (Å²) in [5.41, 5.74) is 8.32. The van der Waals surface area contributed by atoms with Crippen molar-refractivity contribution in [1.29, 1.82) is 0 Å². The molecule has 2 aromatic carbocycles. The van der Waals surface area contributed by atoms with E-state index in [-0.39, 0.29) is 36.7 Å². The van der Waals surface area contributed by atoms with Gasteiger partial charge < -0.3 is 25.8 Å². The highest BCUT2D eigenvalue weighted by molar-refractivity contribution is 14.0. The average molecular weight is 540 g/mol. The zero-order valence-electron chi connectivity index (χ0n) is 18.6. The van der Waals surface area contributed by atoms with Crippen molar-refractivity contribution in [3.8, 4) is 11.5 Å². The largest absolute Gasteiger partial charge is 0.491 e. The van der Waals surface area contributed by atoms with E-state index >= 15 is 0 Å². The van der Waals surface area contributed by atoms with Gasteiger partial charge in [0.15, 0.2) is 12.6 Å². The lowest BCUT2D eigenvalue weighted by atomic mass is 10.1. The summed E-state index contributed by atoms with van der Waals surface area (Å²) in [5, 5.41) is 6.62. The third-order valence-corrected chi connectivity index (χ3v) is 4.08. The van der Waals surface area contributed by atoms with E-state index in [9.17, 15) is 4.79 Å². The zero-order valence-corrected chi connectivity index (χ0v) is 20.9. The molecule has 2 aromatic rings. The molecule has 0 aromatic heterocycles. The first-order chi connectivity index (χ1) is 14.4. The van der Waals surface area contributed by atoms with Gasteiger partial charge in [0.1, 0.15) is 11.5 Å². The quantitative estimate of drug-likeness (QED) is 0.244. The minimum Gasteiger partial charge on any atom is -0.491 e.